The van der Waals surface area contributed by atoms with E-state index in [1.807, 2.05) is 49.4 Å². The standard InChI is InChI=1S/C30H32BrNO7/c1-3-17-15-22-27(29(37)32(28(22)36)30(38)39-2)23(16-33)26(17)25(35)11-9-19(18-7-5-4-6-8-18)13-20-14-21(31)10-12-24(20)34/h4-8,10,12-14,22-23,25,27,33-35H,3,9,11,15-16H2,1-2H3/b19-13-/t22-,23+,25-,27-/m1/s1. The third-order valence-electron chi connectivity index (χ3n) is 7.67. The number of carbonyl (C=O) groups excluding carboxylic acids is 3. The zero-order valence-electron chi connectivity index (χ0n) is 21.8. The van der Waals surface area contributed by atoms with Gasteiger partial charge in [0.2, 0.25) is 11.8 Å². The van der Waals surface area contributed by atoms with Crippen molar-refractivity contribution in [1.29, 1.82) is 0 Å². The molecule has 2 aromatic rings. The number of benzene rings is 2. The van der Waals surface area contributed by atoms with Crippen molar-refractivity contribution in [3.05, 3.63) is 75.3 Å². The Morgan fingerprint density at radius 2 is 1.90 bits per heavy atom. The lowest BCUT2D eigenvalue weighted by Crippen LogP contribution is -2.40. The maximum Gasteiger partial charge on any atom is 0.423 e. The van der Waals surface area contributed by atoms with Crippen molar-refractivity contribution in [3.8, 4) is 5.75 Å². The average Bonchev–Trinajstić information content (AvgIpc) is 3.20. The molecule has 8 nitrogen and oxygen atoms in total. The van der Waals surface area contributed by atoms with Crippen LogP contribution >= 0.6 is 15.9 Å². The highest BCUT2D eigenvalue weighted by Gasteiger charge is 2.56. The number of amides is 3. The molecule has 0 unspecified atom stereocenters. The van der Waals surface area contributed by atoms with Crippen LogP contribution < -0.4 is 0 Å². The molecule has 9 heteroatoms. The van der Waals surface area contributed by atoms with Gasteiger partial charge in [-0.15, -0.1) is 0 Å². The van der Waals surface area contributed by atoms with E-state index in [2.05, 4.69) is 20.7 Å². The van der Waals surface area contributed by atoms with Crippen LogP contribution in [0.3, 0.4) is 0 Å². The molecule has 3 amide bonds. The third-order valence-corrected chi connectivity index (χ3v) is 8.17. The van der Waals surface area contributed by atoms with Crippen molar-refractivity contribution in [1.82, 2.24) is 4.90 Å². The molecule has 0 radical (unpaired) electrons. The number of halogens is 1. The van der Waals surface area contributed by atoms with E-state index < -0.39 is 48.4 Å². The van der Waals surface area contributed by atoms with E-state index >= 15 is 0 Å². The Bertz CT molecular complexity index is 1320. The zero-order valence-corrected chi connectivity index (χ0v) is 23.4. The van der Waals surface area contributed by atoms with Gasteiger partial charge in [0.25, 0.3) is 0 Å². The van der Waals surface area contributed by atoms with E-state index in [-0.39, 0.29) is 18.6 Å². The van der Waals surface area contributed by atoms with Crippen molar-refractivity contribution in [2.24, 2.45) is 17.8 Å². The Hall–Kier alpha value is -3.27. The van der Waals surface area contributed by atoms with Crippen molar-refractivity contribution < 1.29 is 34.4 Å². The number of phenolic OH excluding ortho intramolecular Hbond substituents is 1. The summed E-state index contributed by atoms with van der Waals surface area (Å²) in [5, 5.41) is 32.3. The van der Waals surface area contributed by atoms with E-state index in [4.69, 9.17) is 0 Å². The Labute approximate surface area is 235 Å². The number of rotatable bonds is 8. The van der Waals surface area contributed by atoms with E-state index in [1.165, 1.54) is 0 Å². The summed E-state index contributed by atoms with van der Waals surface area (Å²) in [5.41, 5.74) is 3.82. The topological polar surface area (TPSA) is 124 Å². The predicted octanol–water partition coefficient (Wildman–Crippen LogP) is 4.92. The Morgan fingerprint density at radius 3 is 2.54 bits per heavy atom. The molecule has 1 saturated heterocycles. The Morgan fingerprint density at radius 1 is 1.18 bits per heavy atom. The normalized spacial score (nSPS) is 22.2. The second-order valence-corrected chi connectivity index (χ2v) is 10.7. The fourth-order valence-electron chi connectivity index (χ4n) is 5.80. The monoisotopic (exact) mass is 597 g/mol. The number of allylic oxidation sites excluding steroid dienone is 2. The first-order valence-corrected chi connectivity index (χ1v) is 13.7. The fourth-order valence-corrected chi connectivity index (χ4v) is 6.18. The van der Waals surface area contributed by atoms with Gasteiger partial charge in [0.05, 0.1) is 31.7 Å². The highest BCUT2D eigenvalue weighted by molar-refractivity contribution is 9.10. The van der Waals surface area contributed by atoms with Gasteiger partial charge < -0.3 is 20.1 Å². The van der Waals surface area contributed by atoms with Crippen LogP contribution in [0.4, 0.5) is 4.79 Å². The first kappa shape index (κ1) is 28.7. The van der Waals surface area contributed by atoms with Gasteiger partial charge in [0, 0.05) is 16.0 Å². The number of hydrogen-bond donors (Lipinski definition) is 3. The molecule has 1 fully saturated rings. The summed E-state index contributed by atoms with van der Waals surface area (Å²) in [4.78, 5) is 38.8. The summed E-state index contributed by atoms with van der Waals surface area (Å²) < 4.78 is 5.46. The quantitative estimate of drug-likeness (QED) is 0.224. The molecule has 39 heavy (non-hydrogen) atoms. The molecule has 2 aromatic carbocycles. The van der Waals surface area contributed by atoms with E-state index in [0.29, 0.717) is 28.9 Å². The largest absolute Gasteiger partial charge is 0.507 e. The first-order chi connectivity index (χ1) is 18.7. The van der Waals surface area contributed by atoms with Crippen molar-refractivity contribution in [2.45, 2.75) is 38.7 Å². The summed E-state index contributed by atoms with van der Waals surface area (Å²) in [6.45, 7) is 1.46. The number of carbonyl (C=O) groups is 3. The summed E-state index contributed by atoms with van der Waals surface area (Å²) in [5.74, 6) is -3.72. The SMILES string of the molecule is CCC1=C([C@H](O)CC/C(=C/c2cc(Br)ccc2O)c2ccccc2)[C@H](CO)[C@@H]2C(=O)N(C(=O)OC)C(=O)[C@@H]2C1. The van der Waals surface area contributed by atoms with Crippen LogP contribution in [0.5, 0.6) is 5.75 Å². The number of hydrogen-bond acceptors (Lipinski definition) is 7. The number of nitrogens with zero attached hydrogens (tertiary/aromatic N) is 1. The number of aliphatic hydroxyl groups excluding tert-OH is 2. The van der Waals surface area contributed by atoms with Gasteiger partial charge in [0.1, 0.15) is 5.75 Å². The van der Waals surface area contributed by atoms with Crippen LogP contribution in [0.1, 0.15) is 43.7 Å². The van der Waals surface area contributed by atoms with Crippen LogP contribution in [0.25, 0.3) is 11.6 Å². The fraction of sp³-hybridized carbons (Fsp3) is 0.367. The van der Waals surface area contributed by atoms with Gasteiger partial charge >= 0.3 is 6.09 Å². The van der Waals surface area contributed by atoms with Crippen LogP contribution in [0.15, 0.2) is 64.1 Å². The molecule has 1 heterocycles. The smallest absolute Gasteiger partial charge is 0.423 e. The number of aliphatic hydroxyl groups is 2. The highest BCUT2D eigenvalue weighted by atomic mass is 79.9. The van der Waals surface area contributed by atoms with Crippen molar-refractivity contribution in [3.63, 3.8) is 0 Å². The maximum absolute atomic E-state index is 13.1. The molecule has 0 bridgehead atoms. The van der Waals surface area contributed by atoms with Gasteiger partial charge in [-0.3, -0.25) is 9.59 Å². The lowest BCUT2D eigenvalue weighted by Gasteiger charge is -2.36. The molecule has 2 aliphatic rings. The highest BCUT2D eigenvalue weighted by Crippen LogP contribution is 2.47. The van der Waals surface area contributed by atoms with Gasteiger partial charge in [-0.25, -0.2) is 4.79 Å². The molecule has 3 N–H and O–H groups in total. The molecule has 206 valence electrons. The molecule has 4 rings (SSSR count). The molecule has 0 aromatic heterocycles. The Kier molecular flexibility index (Phi) is 9.04. The molecule has 4 atom stereocenters. The molecule has 1 aliphatic carbocycles. The zero-order chi connectivity index (χ0) is 28.3. The van der Waals surface area contributed by atoms with E-state index in [1.54, 1.807) is 12.1 Å². The minimum absolute atomic E-state index is 0.126. The number of ether oxygens (including phenoxy) is 1. The summed E-state index contributed by atoms with van der Waals surface area (Å²) in [6, 6.07) is 14.8. The molecular formula is C30H32BrNO7. The lowest BCUT2D eigenvalue weighted by molar-refractivity contribution is -0.137. The second kappa shape index (κ2) is 12.3. The van der Waals surface area contributed by atoms with Crippen molar-refractivity contribution >= 4 is 45.5 Å². The number of imide groups is 3. The van der Waals surface area contributed by atoms with Crippen LogP contribution in [0.2, 0.25) is 0 Å². The minimum atomic E-state index is -1.04. The molecule has 0 spiro atoms. The number of likely N-dealkylation sites (tertiary alicyclic amines) is 1. The molecule has 0 saturated carbocycles. The Balaban J connectivity index is 1.65. The number of aromatic hydroxyl groups is 1. The van der Waals surface area contributed by atoms with Crippen LogP contribution in [-0.2, 0) is 14.3 Å². The van der Waals surface area contributed by atoms with Gasteiger partial charge in [-0.05, 0) is 66.7 Å². The third kappa shape index (κ3) is 5.71. The van der Waals surface area contributed by atoms with Crippen LogP contribution in [-0.4, -0.2) is 57.9 Å². The van der Waals surface area contributed by atoms with Gasteiger partial charge in [-0.1, -0.05) is 58.8 Å². The molecular weight excluding hydrogens is 566 g/mol. The molecule has 1 aliphatic heterocycles. The maximum atomic E-state index is 13.1. The summed E-state index contributed by atoms with van der Waals surface area (Å²) in [7, 11) is 1.10. The average molecular weight is 598 g/mol. The number of methoxy groups -OCH3 is 1. The van der Waals surface area contributed by atoms with Crippen LogP contribution in [0, 0.1) is 17.8 Å². The van der Waals surface area contributed by atoms with E-state index in [0.717, 1.165) is 28.3 Å². The van der Waals surface area contributed by atoms with E-state index in [9.17, 15) is 29.7 Å². The minimum Gasteiger partial charge on any atom is -0.507 e. The summed E-state index contributed by atoms with van der Waals surface area (Å²) in [6.07, 6.45) is 1.33. The second-order valence-electron chi connectivity index (χ2n) is 9.81. The number of phenols is 1. The van der Waals surface area contributed by atoms with Gasteiger partial charge in [-0.2, -0.15) is 4.90 Å². The summed E-state index contributed by atoms with van der Waals surface area (Å²) >= 11 is 3.44. The predicted molar refractivity (Wildman–Crippen MR) is 149 cm³/mol. The van der Waals surface area contributed by atoms with Crippen molar-refractivity contribution in [2.75, 3.05) is 13.7 Å². The number of fused-ring (bicyclic) bond motifs is 1. The first-order valence-electron chi connectivity index (χ1n) is 12.9. The lowest BCUT2D eigenvalue weighted by atomic mass is 9.67. The van der Waals surface area contributed by atoms with Gasteiger partial charge in [0.15, 0.2) is 0 Å².